The molecule has 0 heterocycles. The number of nitrogens with zero attached hydrogens (tertiary/aromatic N) is 3. The van der Waals surface area contributed by atoms with E-state index in [4.69, 9.17) is 11.6 Å². The SMILES string of the molecule is O=C=NC(N=Nc1ccc(Cl)cc1)(c1ccccc1)c1ccccc1. The van der Waals surface area contributed by atoms with E-state index in [1.54, 1.807) is 30.3 Å². The lowest BCUT2D eigenvalue weighted by Gasteiger charge is -2.23. The third-order valence-corrected chi connectivity index (χ3v) is 3.95. The fourth-order valence-corrected chi connectivity index (χ4v) is 2.60. The molecule has 122 valence electrons. The van der Waals surface area contributed by atoms with Crippen LogP contribution in [0.2, 0.25) is 5.02 Å². The number of hydrogen-bond donors (Lipinski definition) is 0. The number of aliphatic imine (C=N–C) groups is 1. The van der Waals surface area contributed by atoms with Crippen molar-refractivity contribution in [2.75, 3.05) is 0 Å². The van der Waals surface area contributed by atoms with Crippen LogP contribution in [0.1, 0.15) is 11.1 Å². The molecule has 3 rings (SSSR count). The minimum absolute atomic E-state index is 0.613. The monoisotopic (exact) mass is 347 g/mol. The average molecular weight is 348 g/mol. The van der Waals surface area contributed by atoms with Gasteiger partial charge in [0.05, 0.1) is 5.69 Å². The van der Waals surface area contributed by atoms with E-state index in [1.807, 2.05) is 60.7 Å². The molecule has 0 spiro atoms. The zero-order valence-electron chi connectivity index (χ0n) is 13.2. The van der Waals surface area contributed by atoms with Crippen molar-refractivity contribution in [3.8, 4) is 0 Å². The van der Waals surface area contributed by atoms with Crippen molar-refractivity contribution >= 4 is 23.4 Å². The van der Waals surface area contributed by atoms with Gasteiger partial charge in [-0.15, -0.1) is 5.11 Å². The molecule has 0 aliphatic rings. The standard InChI is InChI=1S/C20H14ClN3O/c21-18-11-13-19(14-12-18)23-24-20(22-15-25,16-7-3-1-4-8-16)17-9-5-2-6-10-17/h1-14H. The van der Waals surface area contributed by atoms with Crippen molar-refractivity contribution in [2.45, 2.75) is 5.66 Å². The van der Waals surface area contributed by atoms with Gasteiger partial charge >= 0.3 is 0 Å². The summed E-state index contributed by atoms with van der Waals surface area (Å²) in [7, 11) is 0. The van der Waals surface area contributed by atoms with E-state index >= 15 is 0 Å². The largest absolute Gasteiger partial charge is 0.238 e. The molecule has 0 bridgehead atoms. The average Bonchev–Trinajstić information content (AvgIpc) is 2.68. The van der Waals surface area contributed by atoms with E-state index in [0.29, 0.717) is 10.7 Å². The van der Waals surface area contributed by atoms with Crippen LogP contribution in [-0.4, -0.2) is 6.08 Å². The van der Waals surface area contributed by atoms with E-state index < -0.39 is 5.66 Å². The maximum atomic E-state index is 11.2. The molecule has 0 saturated carbocycles. The first kappa shape index (κ1) is 16.8. The van der Waals surface area contributed by atoms with Crippen LogP contribution in [0.4, 0.5) is 5.69 Å². The second-order valence-corrected chi connectivity index (χ2v) is 5.72. The quantitative estimate of drug-likeness (QED) is 0.333. The topological polar surface area (TPSA) is 54.1 Å². The minimum atomic E-state index is -1.29. The Morgan fingerprint density at radius 1 is 0.760 bits per heavy atom. The van der Waals surface area contributed by atoms with E-state index in [1.165, 1.54) is 0 Å². The fourth-order valence-electron chi connectivity index (χ4n) is 2.48. The molecule has 3 aromatic rings. The molecule has 0 aliphatic heterocycles. The summed E-state index contributed by atoms with van der Waals surface area (Å²) in [5, 5.41) is 9.34. The van der Waals surface area contributed by atoms with Crippen molar-refractivity contribution in [3.63, 3.8) is 0 Å². The van der Waals surface area contributed by atoms with Gasteiger partial charge in [0, 0.05) is 16.1 Å². The Hall–Kier alpha value is -3.07. The molecule has 0 aliphatic carbocycles. The van der Waals surface area contributed by atoms with Gasteiger partial charge in [0.15, 0.2) is 0 Å². The van der Waals surface area contributed by atoms with Crippen molar-refractivity contribution in [3.05, 3.63) is 101 Å². The predicted molar refractivity (Wildman–Crippen MR) is 97.8 cm³/mol. The van der Waals surface area contributed by atoms with E-state index in [2.05, 4.69) is 15.2 Å². The molecule has 0 saturated heterocycles. The van der Waals surface area contributed by atoms with Crippen molar-refractivity contribution in [1.82, 2.24) is 0 Å². The maximum absolute atomic E-state index is 11.2. The summed E-state index contributed by atoms with van der Waals surface area (Å²) >= 11 is 5.90. The van der Waals surface area contributed by atoms with Gasteiger partial charge in [-0.1, -0.05) is 72.3 Å². The summed E-state index contributed by atoms with van der Waals surface area (Å²) in [5.74, 6) is 0. The first-order chi connectivity index (χ1) is 12.2. The van der Waals surface area contributed by atoms with E-state index in [-0.39, 0.29) is 0 Å². The Kier molecular flexibility index (Phi) is 5.14. The molecule has 0 aromatic heterocycles. The molecule has 5 heteroatoms. The summed E-state index contributed by atoms with van der Waals surface area (Å²) in [5.41, 5.74) is 0.774. The van der Waals surface area contributed by atoms with Gasteiger partial charge in [-0.3, -0.25) is 0 Å². The molecule has 0 unspecified atom stereocenters. The first-order valence-corrected chi connectivity index (χ1v) is 8.01. The Labute approximate surface area is 150 Å². The predicted octanol–water partition coefficient (Wildman–Crippen LogP) is 5.66. The first-order valence-electron chi connectivity index (χ1n) is 7.63. The number of hydrogen-bond acceptors (Lipinski definition) is 4. The van der Waals surface area contributed by atoms with Gasteiger partial charge in [-0.05, 0) is 24.3 Å². The molecular weight excluding hydrogens is 334 g/mol. The highest BCUT2D eigenvalue weighted by atomic mass is 35.5. The lowest BCUT2D eigenvalue weighted by molar-refractivity contribution is 0.516. The van der Waals surface area contributed by atoms with Crippen molar-refractivity contribution in [2.24, 2.45) is 15.2 Å². The number of halogens is 1. The number of carbonyl (C=O) groups excluding carboxylic acids is 1. The summed E-state index contributed by atoms with van der Waals surface area (Å²) in [6.07, 6.45) is 1.65. The lowest BCUT2D eigenvalue weighted by atomic mass is 9.92. The Morgan fingerprint density at radius 2 is 1.28 bits per heavy atom. The molecule has 0 N–H and O–H groups in total. The number of azo groups is 1. The molecule has 0 atom stereocenters. The second kappa shape index (κ2) is 7.67. The molecular formula is C20H14ClN3O. The number of rotatable bonds is 5. The highest BCUT2D eigenvalue weighted by Crippen LogP contribution is 2.36. The van der Waals surface area contributed by atoms with Gasteiger partial charge < -0.3 is 0 Å². The molecule has 4 nitrogen and oxygen atoms in total. The van der Waals surface area contributed by atoms with E-state index in [0.717, 1.165) is 11.1 Å². The van der Waals surface area contributed by atoms with Crippen LogP contribution in [0.25, 0.3) is 0 Å². The Balaban J connectivity index is 2.17. The molecule has 0 fully saturated rings. The van der Waals surface area contributed by atoms with Crippen LogP contribution >= 0.6 is 11.6 Å². The van der Waals surface area contributed by atoms with Crippen LogP contribution in [-0.2, 0) is 10.5 Å². The summed E-state index contributed by atoms with van der Waals surface area (Å²) in [6, 6.07) is 25.6. The highest BCUT2D eigenvalue weighted by Gasteiger charge is 2.34. The van der Waals surface area contributed by atoms with Gasteiger partial charge in [-0.2, -0.15) is 10.1 Å². The maximum Gasteiger partial charge on any atom is 0.238 e. The van der Waals surface area contributed by atoms with E-state index in [9.17, 15) is 4.79 Å². The summed E-state index contributed by atoms with van der Waals surface area (Å²) in [4.78, 5) is 15.2. The van der Waals surface area contributed by atoms with Crippen LogP contribution in [0.3, 0.4) is 0 Å². The molecule has 0 radical (unpaired) electrons. The van der Waals surface area contributed by atoms with Crippen molar-refractivity contribution < 1.29 is 4.79 Å². The van der Waals surface area contributed by atoms with Crippen LogP contribution in [0, 0.1) is 0 Å². The third-order valence-electron chi connectivity index (χ3n) is 3.70. The van der Waals surface area contributed by atoms with Crippen LogP contribution < -0.4 is 0 Å². The third kappa shape index (κ3) is 3.72. The zero-order chi connectivity index (χ0) is 17.5. The second-order valence-electron chi connectivity index (χ2n) is 5.28. The summed E-state index contributed by atoms with van der Waals surface area (Å²) in [6.45, 7) is 0. The smallest absolute Gasteiger partial charge is 0.211 e. The fraction of sp³-hybridized carbons (Fsp3) is 0.0500. The Bertz CT molecular complexity index is 863. The molecule has 25 heavy (non-hydrogen) atoms. The van der Waals surface area contributed by atoms with Crippen LogP contribution in [0.5, 0.6) is 0 Å². The number of benzene rings is 3. The lowest BCUT2D eigenvalue weighted by Crippen LogP contribution is -2.22. The normalized spacial score (nSPS) is 11.2. The van der Waals surface area contributed by atoms with Crippen molar-refractivity contribution in [1.29, 1.82) is 0 Å². The zero-order valence-corrected chi connectivity index (χ0v) is 14.0. The number of isocyanates is 1. The van der Waals surface area contributed by atoms with Gasteiger partial charge in [0.2, 0.25) is 11.7 Å². The molecule has 0 amide bonds. The van der Waals surface area contributed by atoms with Gasteiger partial charge in [0.25, 0.3) is 0 Å². The van der Waals surface area contributed by atoms with Gasteiger partial charge in [0.1, 0.15) is 0 Å². The van der Waals surface area contributed by atoms with Crippen LogP contribution in [0.15, 0.2) is 100 Å². The van der Waals surface area contributed by atoms with Gasteiger partial charge in [-0.25, -0.2) is 4.79 Å². The highest BCUT2D eigenvalue weighted by molar-refractivity contribution is 6.30. The minimum Gasteiger partial charge on any atom is -0.211 e. The summed E-state index contributed by atoms with van der Waals surface area (Å²) < 4.78 is 0. The molecule has 3 aromatic carbocycles. The Morgan fingerprint density at radius 3 is 1.76 bits per heavy atom.